The molecule has 0 heterocycles. The maximum absolute atomic E-state index is 11.7. The predicted octanol–water partition coefficient (Wildman–Crippen LogP) is 4.00. The molecule has 0 aliphatic carbocycles. The molecule has 0 rings (SSSR count). The SMILES string of the molecule is CCCCCCC(=O)OCC(COC(=O)CCCCCC)OCOC. The highest BCUT2D eigenvalue weighted by Crippen LogP contribution is 2.06. The average Bonchev–Trinajstić information content (AvgIpc) is 2.61. The molecule has 0 fully saturated rings. The first-order valence-corrected chi connectivity index (χ1v) is 9.55. The van der Waals surface area contributed by atoms with Crippen molar-refractivity contribution in [1.82, 2.24) is 0 Å². The third-order valence-corrected chi connectivity index (χ3v) is 3.75. The van der Waals surface area contributed by atoms with Gasteiger partial charge in [-0.2, -0.15) is 0 Å². The summed E-state index contributed by atoms with van der Waals surface area (Å²) in [7, 11) is 1.51. The summed E-state index contributed by atoms with van der Waals surface area (Å²) < 4.78 is 20.7. The van der Waals surface area contributed by atoms with Crippen molar-refractivity contribution >= 4 is 11.9 Å². The van der Waals surface area contributed by atoms with Gasteiger partial charge >= 0.3 is 11.9 Å². The van der Waals surface area contributed by atoms with Crippen LogP contribution >= 0.6 is 0 Å². The summed E-state index contributed by atoms with van der Waals surface area (Å²) in [6.45, 7) is 4.45. The lowest BCUT2D eigenvalue weighted by Crippen LogP contribution is -2.29. The number of rotatable bonds is 17. The minimum atomic E-state index is -0.501. The van der Waals surface area contributed by atoms with Gasteiger partial charge in [0.05, 0.1) is 0 Å². The fourth-order valence-corrected chi connectivity index (χ4v) is 2.22. The predicted molar refractivity (Wildman–Crippen MR) is 96.2 cm³/mol. The highest BCUT2D eigenvalue weighted by molar-refractivity contribution is 5.69. The Morgan fingerprint density at radius 2 is 1.24 bits per heavy atom. The number of esters is 2. The number of carbonyl (C=O) groups is 2. The zero-order valence-corrected chi connectivity index (χ0v) is 16.2. The van der Waals surface area contributed by atoms with E-state index in [1.54, 1.807) is 0 Å². The first-order chi connectivity index (χ1) is 12.1. The van der Waals surface area contributed by atoms with E-state index < -0.39 is 6.10 Å². The Hall–Kier alpha value is -1.14. The van der Waals surface area contributed by atoms with E-state index in [9.17, 15) is 9.59 Å². The summed E-state index contributed by atoms with van der Waals surface area (Å²) in [5.41, 5.74) is 0. The van der Waals surface area contributed by atoms with Gasteiger partial charge in [0, 0.05) is 20.0 Å². The summed E-state index contributed by atoms with van der Waals surface area (Å²) in [5.74, 6) is -0.485. The Morgan fingerprint density at radius 1 is 0.760 bits per heavy atom. The lowest BCUT2D eigenvalue weighted by molar-refractivity contribution is -0.162. The Morgan fingerprint density at radius 3 is 1.64 bits per heavy atom. The van der Waals surface area contributed by atoms with Crippen LogP contribution in [0.15, 0.2) is 0 Å². The van der Waals surface area contributed by atoms with Gasteiger partial charge < -0.3 is 18.9 Å². The molecule has 0 aliphatic heterocycles. The molecule has 6 nitrogen and oxygen atoms in total. The van der Waals surface area contributed by atoms with Crippen LogP contribution in [0.2, 0.25) is 0 Å². The zero-order valence-electron chi connectivity index (χ0n) is 16.2. The largest absolute Gasteiger partial charge is 0.463 e. The first kappa shape index (κ1) is 23.9. The van der Waals surface area contributed by atoms with Crippen LogP contribution in [0.1, 0.15) is 78.1 Å². The molecule has 0 radical (unpaired) electrons. The van der Waals surface area contributed by atoms with Crippen LogP contribution in [0.25, 0.3) is 0 Å². The van der Waals surface area contributed by atoms with E-state index in [2.05, 4.69) is 13.8 Å². The molecule has 0 aromatic heterocycles. The molecule has 0 saturated heterocycles. The normalized spacial score (nSPS) is 10.9. The first-order valence-electron chi connectivity index (χ1n) is 9.55. The van der Waals surface area contributed by atoms with E-state index in [0.29, 0.717) is 12.8 Å². The zero-order chi connectivity index (χ0) is 18.8. The number of ether oxygens (including phenoxy) is 4. The maximum Gasteiger partial charge on any atom is 0.305 e. The van der Waals surface area contributed by atoms with Crippen molar-refractivity contribution in [2.45, 2.75) is 84.2 Å². The van der Waals surface area contributed by atoms with Crippen molar-refractivity contribution in [1.29, 1.82) is 0 Å². The summed E-state index contributed by atoms with van der Waals surface area (Å²) in [6, 6.07) is 0. The lowest BCUT2D eigenvalue weighted by Gasteiger charge is -2.17. The summed E-state index contributed by atoms with van der Waals surface area (Å²) in [4.78, 5) is 23.4. The second-order valence-electron chi connectivity index (χ2n) is 6.18. The van der Waals surface area contributed by atoms with Gasteiger partial charge in [0.1, 0.15) is 26.1 Å². The van der Waals surface area contributed by atoms with Gasteiger partial charge in [0.15, 0.2) is 0 Å². The standard InChI is InChI=1S/C19H36O6/c1-4-6-8-10-12-18(20)23-14-17(25-16-22-3)15-24-19(21)13-11-9-7-5-2/h17H,4-16H2,1-3H3. The van der Waals surface area contributed by atoms with Crippen LogP contribution in [-0.2, 0) is 28.5 Å². The Kier molecular flexibility index (Phi) is 16.9. The molecule has 0 saturated carbocycles. The van der Waals surface area contributed by atoms with Crippen molar-refractivity contribution in [3.05, 3.63) is 0 Å². The van der Waals surface area contributed by atoms with Crippen molar-refractivity contribution in [3.8, 4) is 0 Å². The molecule has 0 unspecified atom stereocenters. The van der Waals surface area contributed by atoms with Crippen molar-refractivity contribution < 1.29 is 28.5 Å². The Labute approximate surface area is 152 Å². The second-order valence-corrected chi connectivity index (χ2v) is 6.18. The van der Waals surface area contributed by atoms with E-state index in [-0.39, 0.29) is 31.9 Å². The van der Waals surface area contributed by atoms with Gasteiger partial charge in [-0.05, 0) is 12.8 Å². The molecule has 0 aliphatic rings. The molecule has 0 aromatic carbocycles. The van der Waals surface area contributed by atoms with Crippen LogP contribution < -0.4 is 0 Å². The molecular weight excluding hydrogens is 324 g/mol. The minimum Gasteiger partial charge on any atom is -0.463 e. The molecular formula is C19H36O6. The summed E-state index contributed by atoms with van der Waals surface area (Å²) >= 11 is 0. The monoisotopic (exact) mass is 360 g/mol. The molecule has 0 amide bonds. The van der Waals surface area contributed by atoms with Gasteiger partial charge in [-0.1, -0.05) is 52.4 Å². The van der Waals surface area contributed by atoms with Gasteiger partial charge in [-0.25, -0.2) is 0 Å². The quantitative estimate of drug-likeness (QED) is 0.222. The third-order valence-electron chi connectivity index (χ3n) is 3.75. The van der Waals surface area contributed by atoms with E-state index in [4.69, 9.17) is 18.9 Å². The van der Waals surface area contributed by atoms with Crippen LogP contribution in [0.4, 0.5) is 0 Å². The lowest BCUT2D eigenvalue weighted by atomic mass is 10.1. The van der Waals surface area contributed by atoms with Crippen molar-refractivity contribution in [2.24, 2.45) is 0 Å². The molecule has 0 atom stereocenters. The van der Waals surface area contributed by atoms with Crippen LogP contribution in [0.3, 0.4) is 0 Å². The number of carbonyl (C=O) groups excluding carboxylic acids is 2. The van der Waals surface area contributed by atoms with Crippen molar-refractivity contribution in [3.63, 3.8) is 0 Å². The summed E-state index contributed by atoms with van der Waals surface area (Å²) in [5, 5.41) is 0. The van der Waals surface area contributed by atoms with Gasteiger partial charge in [0.25, 0.3) is 0 Å². The van der Waals surface area contributed by atoms with Gasteiger partial charge in [-0.15, -0.1) is 0 Å². The van der Waals surface area contributed by atoms with Crippen LogP contribution in [-0.4, -0.2) is 45.2 Å². The molecule has 148 valence electrons. The Bertz CT molecular complexity index is 304. The topological polar surface area (TPSA) is 71.1 Å². The molecule has 0 N–H and O–H groups in total. The molecule has 25 heavy (non-hydrogen) atoms. The summed E-state index contributed by atoms with van der Waals surface area (Å²) in [6.07, 6.45) is 8.57. The number of hydrogen-bond donors (Lipinski definition) is 0. The Balaban J connectivity index is 3.97. The molecule has 0 spiro atoms. The highest BCUT2D eigenvalue weighted by Gasteiger charge is 2.15. The highest BCUT2D eigenvalue weighted by atomic mass is 16.7. The molecule has 0 aromatic rings. The van der Waals surface area contributed by atoms with Crippen molar-refractivity contribution in [2.75, 3.05) is 27.1 Å². The second kappa shape index (κ2) is 17.7. The van der Waals surface area contributed by atoms with E-state index in [1.807, 2.05) is 0 Å². The number of methoxy groups -OCH3 is 1. The fourth-order valence-electron chi connectivity index (χ4n) is 2.22. The van der Waals surface area contributed by atoms with Crippen LogP contribution in [0.5, 0.6) is 0 Å². The molecule has 6 heteroatoms. The average molecular weight is 360 g/mol. The van der Waals surface area contributed by atoms with E-state index in [0.717, 1.165) is 51.4 Å². The fraction of sp³-hybridized carbons (Fsp3) is 0.895. The minimum absolute atomic E-state index is 0.0623. The van der Waals surface area contributed by atoms with Crippen LogP contribution in [0, 0.1) is 0 Å². The van der Waals surface area contributed by atoms with Gasteiger partial charge in [-0.3, -0.25) is 9.59 Å². The number of unbranched alkanes of at least 4 members (excludes halogenated alkanes) is 6. The van der Waals surface area contributed by atoms with Gasteiger partial charge in [0.2, 0.25) is 0 Å². The van der Waals surface area contributed by atoms with E-state index >= 15 is 0 Å². The maximum atomic E-state index is 11.7. The number of hydrogen-bond acceptors (Lipinski definition) is 6. The van der Waals surface area contributed by atoms with E-state index in [1.165, 1.54) is 7.11 Å². The molecule has 0 bridgehead atoms. The smallest absolute Gasteiger partial charge is 0.305 e. The third kappa shape index (κ3) is 16.1.